The summed E-state index contributed by atoms with van der Waals surface area (Å²) in [6.45, 7) is -0.160. The second-order valence-corrected chi connectivity index (χ2v) is 8.02. The molecule has 3 atom stereocenters. The highest BCUT2D eigenvalue weighted by Crippen LogP contribution is 2.38. The van der Waals surface area contributed by atoms with Crippen LogP contribution in [0.5, 0.6) is 0 Å². The van der Waals surface area contributed by atoms with Gasteiger partial charge >= 0.3 is 5.97 Å². The summed E-state index contributed by atoms with van der Waals surface area (Å²) in [7, 11) is 1.27. The maximum absolute atomic E-state index is 12.5. The monoisotopic (exact) mass is 381 g/mol. The van der Waals surface area contributed by atoms with Crippen molar-refractivity contribution in [1.29, 1.82) is 0 Å². The van der Waals surface area contributed by atoms with E-state index in [1.54, 1.807) is 11.8 Å². The zero-order valence-corrected chi connectivity index (χ0v) is 15.2. The number of esters is 1. The Bertz CT molecular complexity index is 660. The molecule has 0 spiro atoms. The molecule has 2 aliphatic rings. The van der Waals surface area contributed by atoms with Crippen molar-refractivity contribution in [3.8, 4) is 0 Å². The van der Waals surface area contributed by atoms with Crippen molar-refractivity contribution in [3.63, 3.8) is 0 Å². The summed E-state index contributed by atoms with van der Waals surface area (Å²) >= 11 is 3.00. The Morgan fingerprint density at radius 1 is 1.28 bits per heavy atom. The molecule has 9 heteroatoms. The molecule has 25 heavy (non-hydrogen) atoms. The highest BCUT2D eigenvalue weighted by atomic mass is 32.2. The van der Waals surface area contributed by atoms with E-state index in [1.165, 1.54) is 18.9 Å². The SMILES string of the molecule is COC(=O)CNC(=O)C1CCSC1NC(=O)C1Nc2ccccc2S1. The number of anilines is 1. The minimum Gasteiger partial charge on any atom is -0.468 e. The lowest BCUT2D eigenvalue weighted by Gasteiger charge is -2.21. The Kier molecular flexibility index (Phi) is 5.74. The van der Waals surface area contributed by atoms with Gasteiger partial charge in [-0.2, -0.15) is 0 Å². The number of methoxy groups -OCH3 is 1. The molecular formula is C16H19N3O4S2. The number of benzene rings is 1. The summed E-state index contributed by atoms with van der Waals surface area (Å²) in [6, 6.07) is 7.75. The zero-order chi connectivity index (χ0) is 17.8. The molecule has 0 saturated carbocycles. The van der Waals surface area contributed by atoms with Crippen LogP contribution in [0.15, 0.2) is 29.2 Å². The molecule has 3 N–H and O–H groups in total. The van der Waals surface area contributed by atoms with Crippen molar-refractivity contribution in [3.05, 3.63) is 24.3 Å². The predicted molar refractivity (Wildman–Crippen MR) is 97.2 cm³/mol. The minimum atomic E-state index is -0.496. The van der Waals surface area contributed by atoms with Crippen molar-refractivity contribution < 1.29 is 19.1 Å². The van der Waals surface area contributed by atoms with E-state index in [9.17, 15) is 14.4 Å². The van der Waals surface area contributed by atoms with E-state index >= 15 is 0 Å². The average Bonchev–Trinajstić information content (AvgIpc) is 3.25. The van der Waals surface area contributed by atoms with Gasteiger partial charge < -0.3 is 20.7 Å². The van der Waals surface area contributed by atoms with Gasteiger partial charge in [-0.25, -0.2) is 0 Å². The third-order valence-corrected chi connectivity index (χ3v) is 6.46. The fourth-order valence-electron chi connectivity index (χ4n) is 2.68. The van der Waals surface area contributed by atoms with Crippen LogP contribution in [-0.2, 0) is 19.1 Å². The van der Waals surface area contributed by atoms with Crippen LogP contribution >= 0.6 is 23.5 Å². The van der Waals surface area contributed by atoms with E-state index < -0.39 is 11.3 Å². The van der Waals surface area contributed by atoms with Crippen molar-refractivity contribution in [2.45, 2.75) is 22.1 Å². The van der Waals surface area contributed by atoms with Gasteiger partial charge in [0.2, 0.25) is 5.91 Å². The smallest absolute Gasteiger partial charge is 0.325 e. The molecular weight excluding hydrogens is 362 g/mol. The number of nitrogens with one attached hydrogen (secondary N) is 3. The van der Waals surface area contributed by atoms with Crippen LogP contribution in [0.1, 0.15) is 6.42 Å². The molecule has 0 bridgehead atoms. The van der Waals surface area contributed by atoms with Crippen LogP contribution < -0.4 is 16.0 Å². The van der Waals surface area contributed by atoms with Gasteiger partial charge in [0, 0.05) is 10.6 Å². The summed E-state index contributed by atoms with van der Waals surface area (Å²) < 4.78 is 4.51. The first-order valence-corrected chi connectivity index (χ1v) is 9.80. The first-order valence-electron chi connectivity index (χ1n) is 7.87. The molecule has 1 fully saturated rings. The van der Waals surface area contributed by atoms with Crippen LogP contribution in [-0.4, -0.2) is 47.9 Å². The predicted octanol–water partition coefficient (Wildman–Crippen LogP) is 1.01. The maximum atomic E-state index is 12.5. The van der Waals surface area contributed by atoms with E-state index in [2.05, 4.69) is 20.7 Å². The van der Waals surface area contributed by atoms with Gasteiger partial charge in [-0.1, -0.05) is 23.9 Å². The Hall–Kier alpha value is -1.87. The normalized spacial score (nSPS) is 24.1. The Balaban J connectivity index is 1.54. The molecule has 134 valence electrons. The molecule has 2 amide bonds. The summed E-state index contributed by atoms with van der Waals surface area (Å²) in [4.78, 5) is 37.0. The second kappa shape index (κ2) is 8.01. The van der Waals surface area contributed by atoms with Crippen molar-refractivity contribution in [2.75, 3.05) is 24.7 Å². The molecule has 3 unspecified atom stereocenters. The van der Waals surface area contributed by atoms with E-state index in [0.29, 0.717) is 6.42 Å². The number of thioether (sulfide) groups is 2. The first-order chi connectivity index (χ1) is 12.1. The second-order valence-electron chi connectivity index (χ2n) is 5.63. The fourth-order valence-corrected chi connectivity index (χ4v) is 5.05. The van der Waals surface area contributed by atoms with Crippen LogP contribution in [0.3, 0.4) is 0 Å². The lowest BCUT2D eigenvalue weighted by molar-refractivity contribution is -0.141. The molecule has 2 aliphatic heterocycles. The van der Waals surface area contributed by atoms with Crippen LogP contribution in [0.4, 0.5) is 5.69 Å². The number of hydrogen-bond acceptors (Lipinski definition) is 7. The van der Waals surface area contributed by atoms with Gasteiger partial charge in [-0.3, -0.25) is 14.4 Å². The quantitative estimate of drug-likeness (QED) is 0.655. The van der Waals surface area contributed by atoms with Gasteiger partial charge in [-0.15, -0.1) is 11.8 Å². The first kappa shape index (κ1) is 17.9. The van der Waals surface area contributed by atoms with Gasteiger partial charge in [0.25, 0.3) is 5.91 Å². The number of carbonyl (C=O) groups excluding carboxylic acids is 3. The molecule has 0 aliphatic carbocycles. The maximum Gasteiger partial charge on any atom is 0.325 e. The summed E-state index contributed by atoms with van der Waals surface area (Å²) in [5.41, 5.74) is 0.944. The van der Waals surface area contributed by atoms with Crippen LogP contribution in [0.25, 0.3) is 0 Å². The Labute approximate surface area is 154 Å². The fraction of sp³-hybridized carbons (Fsp3) is 0.438. The van der Waals surface area contributed by atoms with E-state index in [0.717, 1.165) is 16.3 Å². The summed E-state index contributed by atoms with van der Waals surface area (Å²) in [6.07, 6.45) is 0.661. The van der Waals surface area contributed by atoms with Crippen molar-refractivity contribution in [1.82, 2.24) is 10.6 Å². The topological polar surface area (TPSA) is 96.5 Å². The minimum absolute atomic E-state index is 0.147. The number of para-hydroxylation sites is 1. The van der Waals surface area contributed by atoms with E-state index in [1.807, 2.05) is 24.3 Å². The van der Waals surface area contributed by atoms with Gasteiger partial charge in [0.05, 0.1) is 18.4 Å². The molecule has 1 aromatic carbocycles. The number of carbonyl (C=O) groups is 3. The summed E-state index contributed by atoms with van der Waals surface area (Å²) in [5, 5.41) is 7.99. The van der Waals surface area contributed by atoms with Crippen molar-refractivity contribution >= 4 is 47.0 Å². The molecule has 3 rings (SSSR count). The van der Waals surface area contributed by atoms with E-state index in [-0.39, 0.29) is 29.7 Å². The standard InChI is InChI=1S/C16H19N3O4S2/c1-23-12(20)8-17-13(21)9-6-7-24-15(9)19-14(22)16-18-10-4-2-3-5-11(10)25-16/h2-5,9,15-16,18H,6-8H2,1H3,(H,17,21)(H,19,22). The summed E-state index contributed by atoms with van der Waals surface area (Å²) in [5.74, 6) is -0.453. The lowest BCUT2D eigenvalue weighted by atomic mass is 10.1. The van der Waals surface area contributed by atoms with Crippen LogP contribution in [0.2, 0.25) is 0 Å². The number of hydrogen-bond donors (Lipinski definition) is 3. The Morgan fingerprint density at radius 3 is 2.84 bits per heavy atom. The third-order valence-electron chi connectivity index (χ3n) is 4.00. The molecule has 0 aromatic heterocycles. The number of fused-ring (bicyclic) bond motifs is 1. The lowest BCUT2D eigenvalue weighted by Crippen LogP contribution is -2.47. The van der Waals surface area contributed by atoms with Gasteiger partial charge in [0.15, 0.2) is 5.37 Å². The third kappa shape index (κ3) is 4.21. The molecule has 7 nitrogen and oxygen atoms in total. The molecule has 1 saturated heterocycles. The number of ether oxygens (including phenoxy) is 1. The van der Waals surface area contributed by atoms with Gasteiger partial charge in [0.1, 0.15) is 6.54 Å². The largest absolute Gasteiger partial charge is 0.468 e. The van der Waals surface area contributed by atoms with Crippen LogP contribution in [0, 0.1) is 5.92 Å². The zero-order valence-electron chi connectivity index (χ0n) is 13.6. The average molecular weight is 381 g/mol. The molecule has 0 radical (unpaired) electrons. The molecule has 2 heterocycles. The van der Waals surface area contributed by atoms with Crippen molar-refractivity contribution in [2.24, 2.45) is 5.92 Å². The number of rotatable bonds is 5. The highest BCUT2D eigenvalue weighted by molar-refractivity contribution is 8.01. The van der Waals surface area contributed by atoms with Gasteiger partial charge in [-0.05, 0) is 24.3 Å². The Morgan fingerprint density at radius 2 is 2.08 bits per heavy atom. The molecule has 1 aromatic rings. The highest BCUT2D eigenvalue weighted by Gasteiger charge is 2.37. The van der Waals surface area contributed by atoms with E-state index in [4.69, 9.17) is 0 Å². The number of amides is 2.